The molecule has 1 saturated carbocycles. The number of pyridine rings is 1. The van der Waals surface area contributed by atoms with Crippen LogP contribution in [0.2, 0.25) is 0 Å². The lowest BCUT2D eigenvalue weighted by Crippen LogP contribution is -2.47. The number of nitrogens with one attached hydrogen (secondary N) is 2. The summed E-state index contributed by atoms with van der Waals surface area (Å²) < 4.78 is 82.8. The lowest BCUT2D eigenvalue weighted by molar-refractivity contribution is -0.122. The standard InChI is InChI=1S/C35H39F3N6O5S/c1-21-9-10-24-25(11-12-27(36)29(24)43-50(46,47)20-22-13-15-35(22,37)38)30(21)48-31-26(8-5-16-39-31)28-14-17-40-32(42-28)41-23-7-6-18-44(19-23)33(45)49-34(2,3)4/h5,8-12,14,16-17,22-23,43H,6-7,13,15,18-20H2,1-4H3,(H,40,41,42)/t22?,23-/m0/s1. The normalized spacial score (nSPS) is 19.1. The van der Waals surface area contributed by atoms with Gasteiger partial charge in [-0.2, -0.15) is 0 Å². The number of hydrogen-bond donors (Lipinski definition) is 2. The molecule has 4 aromatic rings. The monoisotopic (exact) mass is 712 g/mol. The third kappa shape index (κ3) is 7.87. The Kier molecular flexibility index (Phi) is 9.55. The zero-order valence-corrected chi connectivity index (χ0v) is 29.0. The molecule has 2 N–H and O–H groups in total. The molecule has 6 rings (SSSR count). The van der Waals surface area contributed by atoms with Gasteiger partial charge in [0, 0.05) is 54.6 Å². The Hall–Kier alpha value is -4.66. The smallest absolute Gasteiger partial charge is 0.410 e. The van der Waals surface area contributed by atoms with E-state index in [0.29, 0.717) is 47.0 Å². The molecule has 15 heteroatoms. The molecule has 1 aliphatic heterocycles. The summed E-state index contributed by atoms with van der Waals surface area (Å²) in [6.45, 7) is 8.28. The number of carbonyl (C=O) groups excluding carboxylic acids is 1. The van der Waals surface area contributed by atoms with E-state index in [1.165, 1.54) is 6.07 Å². The number of halogens is 3. The quantitative estimate of drug-likeness (QED) is 0.181. The first-order chi connectivity index (χ1) is 23.6. The Bertz CT molecular complexity index is 2020. The Labute approximate surface area is 288 Å². The van der Waals surface area contributed by atoms with Crippen LogP contribution in [0, 0.1) is 18.7 Å². The third-order valence-corrected chi connectivity index (χ3v) is 10.1. The second-order valence-electron chi connectivity index (χ2n) is 13.7. The largest absolute Gasteiger partial charge is 0.444 e. The van der Waals surface area contributed by atoms with Gasteiger partial charge < -0.3 is 19.7 Å². The SMILES string of the molecule is Cc1ccc2c(NS(=O)(=O)CC3CCC3(F)F)c(F)ccc2c1Oc1ncccc1-c1ccnc(N[C@H]2CCCN(C(=O)OC(C)(C)C)C2)n1. The number of alkyl halides is 2. The summed E-state index contributed by atoms with van der Waals surface area (Å²) in [7, 11) is -4.30. The Balaban J connectivity index is 1.25. The Morgan fingerprint density at radius 2 is 1.84 bits per heavy atom. The summed E-state index contributed by atoms with van der Waals surface area (Å²) in [6, 6.07) is 10.9. The van der Waals surface area contributed by atoms with E-state index in [9.17, 15) is 22.0 Å². The summed E-state index contributed by atoms with van der Waals surface area (Å²) in [5, 5.41) is 3.90. The van der Waals surface area contributed by atoms with Crippen molar-refractivity contribution >= 4 is 38.5 Å². The van der Waals surface area contributed by atoms with Gasteiger partial charge in [-0.15, -0.1) is 0 Å². The van der Waals surface area contributed by atoms with Gasteiger partial charge in [-0.25, -0.2) is 41.3 Å². The first-order valence-corrected chi connectivity index (χ1v) is 18.0. The van der Waals surface area contributed by atoms with Crippen LogP contribution in [0.25, 0.3) is 22.0 Å². The van der Waals surface area contributed by atoms with Crippen molar-refractivity contribution in [2.45, 2.75) is 70.9 Å². The van der Waals surface area contributed by atoms with Crippen molar-refractivity contribution in [3.63, 3.8) is 0 Å². The highest BCUT2D eigenvalue weighted by Gasteiger charge is 2.50. The van der Waals surface area contributed by atoms with Crippen molar-refractivity contribution in [1.29, 1.82) is 0 Å². The summed E-state index contributed by atoms with van der Waals surface area (Å²) in [4.78, 5) is 27.9. The maximum atomic E-state index is 15.1. The van der Waals surface area contributed by atoms with Crippen LogP contribution < -0.4 is 14.8 Å². The minimum Gasteiger partial charge on any atom is -0.444 e. The second kappa shape index (κ2) is 13.6. The highest BCUT2D eigenvalue weighted by molar-refractivity contribution is 7.92. The fraction of sp³-hybridized carbons (Fsp3) is 0.429. The number of ether oxygens (including phenoxy) is 2. The molecule has 3 heterocycles. The van der Waals surface area contributed by atoms with Gasteiger partial charge in [-0.05, 0) is 82.9 Å². The van der Waals surface area contributed by atoms with Crippen LogP contribution >= 0.6 is 0 Å². The number of amides is 1. The van der Waals surface area contributed by atoms with Crippen molar-refractivity contribution in [3.8, 4) is 22.9 Å². The number of nitrogens with zero attached hydrogens (tertiary/aromatic N) is 4. The van der Waals surface area contributed by atoms with Crippen molar-refractivity contribution in [3.05, 3.63) is 66.2 Å². The van der Waals surface area contributed by atoms with E-state index in [0.717, 1.165) is 18.9 Å². The minimum absolute atomic E-state index is 0.0761. The van der Waals surface area contributed by atoms with E-state index in [1.807, 2.05) is 20.8 Å². The van der Waals surface area contributed by atoms with Crippen molar-refractivity contribution in [2.24, 2.45) is 5.92 Å². The number of aryl methyl sites for hydroxylation is 1. The van der Waals surface area contributed by atoms with Gasteiger partial charge >= 0.3 is 6.09 Å². The fourth-order valence-corrected chi connectivity index (χ4v) is 7.59. The molecular weight excluding hydrogens is 673 g/mol. The minimum atomic E-state index is -4.30. The number of fused-ring (bicyclic) bond motifs is 1. The number of hydrogen-bond acceptors (Lipinski definition) is 9. The van der Waals surface area contributed by atoms with Crippen molar-refractivity contribution < 1.29 is 35.9 Å². The molecule has 1 saturated heterocycles. The van der Waals surface area contributed by atoms with E-state index in [2.05, 4.69) is 20.0 Å². The number of anilines is 2. The molecule has 266 valence electrons. The number of benzene rings is 2. The molecule has 0 spiro atoms. The summed E-state index contributed by atoms with van der Waals surface area (Å²) in [6.07, 6.45) is 4.07. The highest BCUT2D eigenvalue weighted by atomic mass is 32.2. The predicted octanol–water partition coefficient (Wildman–Crippen LogP) is 7.53. The predicted molar refractivity (Wildman–Crippen MR) is 184 cm³/mol. The van der Waals surface area contributed by atoms with E-state index >= 15 is 4.39 Å². The van der Waals surface area contributed by atoms with Gasteiger partial charge in [0.05, 0.1) is 22.7 Å². The van der Waals surface area contributed by atoms with Crippen LogP contribution in [0.1, 0.15) is 52.0 Å². The van der Waals surface area contributed by atoms with Gasteiger partial charge in [-0.1, -0.05) is 12.1 Å². The number of piperidine rings is 1. The van der Waals surface area contributed by atoms with Gasteiger partial charge in [0.2, 0.25) is 21.9 Å². The van der Waals surface area contributed by atoms with E-state index in [-0.39, 0.29) is 41.9 Å². The van der Waals surface area contributed by atoms with Crippen LogP contribution in [0.5, 0.6) is 11.6 Å². The molecule has 1 aliphatic carbocycles. The molecule has 2 fully saturated rings. The van der Waals surface area contributed by atoms with Crippen molar-refractivity contribution in [1.82, 2.24) is 19.9 Å². The molecule has 2 aromatic carbocycles. The number of sulfonamides is 1. The molecule has 1 amide bonds. The zero-order valence-electron chi connectivity index (χ0n) is 28.2. The molecular formula is C35H39F3N6O5S. The first kappa shape index (κ1) is 35.2. The molecule has 0 radical (unpaired) electrons. The lowest BCUT2D eigenvalue weighted by atomic mass is 9.82. The molecule has 50 heavy (non-hydrogen) atoms. The van der Waals surface area contributed by atoms with Gasteiger partial charge in [0.1, 0.15) is 17.2 Å². The van der Waals surface area contributed by atoms with Gasteiger partial charge in [0.25, 0.3) is 5.92 Å². The molecule has 2 atom stereocenters. The van der Waals surface area contributed by atoms with Crippen LogP contribution in [0.15, 0.2) is 54.9 Å². The molecule has 1 unspecified atom stereocenters. The van der Waals surface area contributed by atoms with Crippen LogP contribution in [0.4, 0.5) is 29.6 Å². The topological polar surface area (TPSA) is 136 Å². The van der Waals surface area contributed by atoms with Gasteiger partial charge in [0.15, 0.2) is 0 Å². The lowest BCUT2D eigenvalue weighted by Gasteiger charge is -2.35. The summed E-state index contributed by atoms with van der Waals surface area (Å²) >= 11 is 0. The molecule has 11 nitrogen and oxygen atoms in total. The molecule has 2 aliphatic rings. The molecule has 2 aromatic heterocycles. The maximum absolute atomic E-state index is 15.1. The third-order valence-electron chi connectivity index (χ3n) is 8.71. The fourth-order valence-electron chi connectivity index (χ4n) is 6.05. The van der Waals surface area contributed by atoms with E-state index < -0.39 is 39.0 Å². The number of aromatic nitrogens is 3. The number of rotatable bonds is 9. The zero-order chi connectivity index (χ0) is 35.8. The van der Waals surface area contributed by atoms with E-state index in [1.54, 1.807) is 54.5 Å². The van der Waals surface area contributed by atoms with Gasteiger partial charge in [-0.3, -0.25) is 4.72 Å². The van der Waals surface area contributed by atoms with Crippen LogP contribution in [-0.2, 0) is 14.8 Å². The first-order valence-electron chi connectivity index (χ1n) is 16.4. The Morgan fingerprint density at radius 3 is 2.56 bits per heavy atom. The number of carbonyl (C=O) groups is 1. The second-order valence-corrected chi connectivity index (χ2v) is 15.5. The van der Waals surface area contributed by atoms with E-state index in [4.69, 9.17) is 14.5 Å². The molecule has 0 bridgehead atoms. The maximum Gasteiger partial charge on any atom is 0.410 e. The highest BCUT2D eigenvalue weighted by Crippen LogP contribution is 2.45. The Morgan fingerprint density at radius 1 is 1.06 bits per heavy atom. The van der Waals surface area contributed by atoms with Crippen LogP contribution in [-0.4, -0.2) is 70.8 Å². The summed E-state index contributed by atoms with van der Waals surface area (Å²) in [5.41, 5.74) is 0.723. The summed E-state index contributed by atoms with van der Waals surface area (Å²) in [5.74, 6) is -5.24. The van der Waals surface area contributed by atoms with Crippen LogP contribution in [0.3, 0.4) is 0 Å². The average molecular weight is 713 g/mol. The van der Waals surface area contributed by atoms with Crippen molar-refractivity contribution in [2.75, 3.05) is 28.9 Å². The average Bonchev–Trinajstić information content (AvgIpc) is 3.05. The number of likely N-dealkylation sites (tertiary alicyclic amines) is 1.